The van der Waals surface area contributed by atoms with Gasteiger partial charge in [-0.25, -0.2) is 0 Å². The number of carbonyl (C=O) groups excluding carboxylic acids is 1. The van der Waals surface area contributed by atoms with Crippen LogP contribution in [-0.2, 0) is 4.79 Å². The largest absolute Gasteiger partial charge is 0.490 e. The lowest BCUT2D eigenvalue weighted by molar-refractivity contribution is -0.142. The van der Waals surface area contributed by atoms with Crippen LogP contribution in [0.2, 0.25) is 5.02 Å². The van der Waals surface area contributed by atoms with E-state index in [1.807, 2.05) is 6.92 Å². The predicted molar refractivity (Wildman–Crippen MR) is 90.5 cm³/mol. The van der Waals surface area contributed by atoms with Crippen molar-refractivity contribution in [2.24, 2.45) is 11.8 Å². The minimum Gasteiger partial charge on any atom is -0.490 e. The van der Waals surface area contributed by atoms with Crippen molar-refractivity contribution in [1.82, 2.24) is 4.90 Å². The highest BCUT2D eigenvalue weighted by Gasteiger charge is 2.38. The third kappa shape index (κ3) is 3.51. The average Bonchev–Trinajstić information content (AvgIpc) is 3.17. The normalized spacial score (nSPS) is 24.3. The van der Waals surface area contributed by atoms with Gasteiger partial charge in [0.15, 0.2) is 0 Å². The van der Waals surface area contributed by atoms with E-state index in [9.17, 15) is 14.7 Å². The van der Waals surface area contributed by atoms with Gasteiger partial charge in [-0.1, -0.05) is 18.5 Å². The highest BCUT2D eigenvalue weighted by Crippen LogP contribution is 2.31. The predicted octanol–water partition coefficient (Wildman–Crippen LogP) is 3.45. The fraction of sp³-hybridized carbons (Fsp3) is 0.556. The Morgan fingerprint density at radius 3 is 2.58 bits per heavy atom. The van der Waals surface area contributed by atoms with Crippen molar-refractivity contribution in [2.75, 3.05) is 13.1 Å². The molecule has 1 heterocycles. The summed E-state index contributed by atoms with van der Waals surface area (Å²) in [7, 11) is 0. The van der Waals surface area contributed by atoms with Crippen molar-refractivity contribution in [3.63, 3.8) is 0 Å². The number of likely N-dealkylation sites (tertiary alicyclic amines) is 1. The second-order valence-corrected chi connectivity index (χ2v) is 7.23. The zero-order chi connectivity index (χ0) is 17.3. The summed E-state index contributed by atoms with van der Waals surface area (Å²) >= 11 is 6.07. The molecule has 1 aliphatic heterocycles. The fourth-order valence-corrected chi connectivity index (χ4v) is 3.75. The molecule has 2 aliphatic rings. The summed E-state index contributed by atoms with van der Waals surface area (Å²) in [6.45, 7) is 2.52. The van der Waals surface area contributed by atoms with Crippen LogP contribution in [-0.4, -0.2) is 41.1 Å². The van der Waals surface area contributed by atoms with Crippen LogP contribution >= 0.6 is 11.6 Å². The number of hydrogen-bond acceptors (Lipinski definition) is 3. The Morgan fingerprint density at radius 1 is 1.25 bits per heavy atom. The van der Waals surface area contributed by atoms with Crippen molar-refractivity contribution in [1.29, 1.82) is 0 Å². The van der Waals surface area contributed by atoms with E-state index >= 15 is 0 Å². The van der Waals surface area contributed by atoms with Crippen molar-refractivity contribution in [2.45, 2.75) is 38.7 Å². The standard InChI is InChI=1S/C18H22ClNO4/c1-11-9-20(10-15(11)18(22)23)17(21)14-8-12(19)6-7-16(14)24-13-4-2-3-5-13/h6-8,11,13,15H,2-5,9-10H2,1H3,(H,22,23)/t11-,15-/m1/s1. The molecular weight excluding hydrogens is 330 g/mol. The summed E-state index contributed by atoms with van der Waals surface area (Å²) in [6.07, 6.45) is 4.43. The van der Waals surface area contributed by atoms with Crippen molar-refractivity contribution in [3.8, 4) is 5.75 Å². The number of benzene rings is 1. The van der Waals surface area contributed by atoms with Gasteiger partial charge in [-0.05, 0) is 49.8 Å². The van der Waals surface area contributed by atoms with Crippen LogP contribution in [0.1, 0.15) is 43.0 Å². The van der Waals surface area contributed by atoms with Gasteiger partial charge in [0, 0.05) is 18.1 Å². The van der Waals surface area contributed by atoms with Gasteiger partial charge in [-0.2, -0.15) is 0 Å². The van der Waals surface area contributed by atoms with E-state index in [4.69, 9.17) is 16.3 Å². The van der Waals surface area contributed by atoms with Gasteiger partial charge in [-0.3, -0.25) is 9.59 Å². The van der Waals surface area contributed by atoms with Crippen LogP contribution in [0.5, 0.6) is 5.75 Å². The summed E-state index contributed by atoms with van der Waals surface area (Å²) in [5.74, 6) is -1.10. The highest BCUT2D eigenvalue weighted by atomic mass is 35.5. The quantitative estimate of drug-likeness (QED) is 0.902. The molecular formula is C18H22ClNO4. The van der Waals surface area contributed by atoms with Crippen molar-refractivity contribution >= 4 is 23.5 Å². The molecule has 1 aromatic carbocycles. The molecule has 0 radical (unpaired) electrons. The van der Waals surface area contributed by atoms with E-state index in [-0.39, 0.29) is 24.5 Å². The number of amides is 1. The average molecular weight is 352 g/mol. The van der Waals surface area contributed by atoms with E-state index in [1.165, 1.54) is 0 Å². The molecule has 0 unspecified atom stereocenters. The second kappa shape index (κ2) is 7.01. The van der Waals surface area contributed by atoms with Crippen LogP contribution in [0.15, 0.2) is 18.2 Å². The first kappa shape index (κ1) is 17.1. The number of carbonyl (C=O) groups is 2. The summed E-state index contributed by atoms with van der Waals surface area (Å²) in [5.41, 5.74) is 0.424. The molecule has 2 fully saturated rings. The first-order chi connectivity index (χ1) is 11.5. The number of rotatable bonds is 4. The minimum absolute atomic E-state index is 0.0650. The molecule has 6 heteroatoms. The molecule has 5 nitrogen and oxygen atoms in total. The van der Waals surface area contributed by atoms with E-state index in [2.05, 4.69) is 0 Å². The van der Waals surface area contributed by atoms with Crippen LogP contribution in [0.4, 0.5) is 0 Å². The minimum atomic E-state index is -0.855. The Kier molecular flexibility index (Phi) is 4.99. The molecule has 0 aromatic heterocycles. The number of carboxylic acid groups (broad SMARTS) is 1. The first-order valence-electron chi connectivity index (χ1n) is 8.44. The molecule has 0 spiro atoms. The van der Waals surface area contributed by atoms with Gasteiger partial charge in [0.05, 0.1) is 17.6 Å². The van der Waals surface area contributed by atoms with Gasteiger partial charge in [0.2, 0.25) is 0 Å². The van der Waals surface area contributed by atoms with Gasteiger partial charge < -0.3 is 14.7 Å². The number of ether oxygens (including phenoxy) is 1. The molecule has 1 N–H and O–H groups in total. The molecule has 1 aliphatic carbocycles. The molecule has 1 amide bonds. The zero-order valence-electron chi connectivity index (χ0n) is 13.7. The maximum Gasteiger partial charge on any atom is 0.308 e. The van der Waals surface area contributed by atoms with Crippen LogP contribution in [0.25, 0.3) is 0 Å². The van der Waals surface area contributed by atoms with Gasteiger partial charge in [-0.15, -0.1) is 0 Å². The Bertz CT molecular complexity index is 642. The summed E-state index contributed by atoms with van der Waals surface area (Å²) < 4.78 is 6.02. The lowest BCUT2D eigenvalue weighted by atomic mass is 9.99. The van der Waals surface area contributed by atoms with Crippen LogP contribution in [0, 0.1) is 11.8 Å². The van der Waals surface area contributed by atoms with E-state index in [0.29, 0.717) is 22.9 Å². The lowest BCUT2D eigenvalue weighted by Gasteiger charge is -2.20. The molecule has 1 saturated carbocycles. The van der Waals surface area contributed by atoms with E-state index in [1.54, 1.807) is 23.1 Å². The molecule has 24 heavy (non-hydrogen) atoms. The number of halogens is 1. The molecule has 1 saturated heterocycles. The van der Waals surface area contributed by atoms with Gasteiger partial charge in [0.1, 0.15) is 5.75 Å². The van der Waals surface area contributed by atoms with Crippen molar-refractivity contribution in [3.05, 3.63) is 28.8 Å². The number of aliphatic carboxylic acids is 1. The van der Waals surface area contributed by atoms with Crippen molar-refractivity contribution < 1.29 is 19.4 Å². The third-order valence-corrected chi connectivity index (χ3v) is 5.22. The number of hydrogen-bond donors (Lipinski definition) is 1. The first-order valence-corrected chi connectivity index (χ1v) is 8.82. The molecule has 3 rings (SSSR count). The van der Waals surface area contributed by atoms with Gasteiger partial charge >= 0.3 is 5.97 Å². The lowest BCUT2D eigenvalue weighted by Crippen LogP contribution is -2.30. The van der Waals surface area contributed by atoms with E-state index < -0.39 is 11.9 Å². The monoisotopic (exact) mass is 351 g/mol. The Hall–Kier alpha value is -1.75. The third-order valence-electron chi connectivity index (χ3n) is 4.98. The summed E-state index contributed by atoms with van der Waals surface area (Å²) in [6, 6.07) is 5.07. The second-order valence-electron chi connectivity index (χ2n) is 6.80. The topological polar surface area (TPSA) is 66.8 Å². The number of nitrogens with zero attached hydrogens (tertiary/aromatic N) is 1. The Labute approximate surface area is 146 Å². The molecule has 1 aromatic rings. The molecule has 130 valence electrons. The maximum absolute atomic E-state index is 12.9. The zero-order valence-corrected chi connectivity index (χ0v) is 14.5. The smallest absolute Gasteiger partial charge is 0.308 e. The molecule has 2 atom stereocenters. The Morgan fingerprint density at radius 2 is 1.96 bits per heavy atom. The Balaban J connectivity index is 1.81. The highest BCUT2D eigenvalue weighted by molar-refractivity contribution is 6.31. The molecule has 0 bridgehead atoms. The summed E-state index contributed by atoms with van der Waals surface area (Å²) in [4.78, 5) is 25.8. The summed E-state index contributed by atoms with van der Waals surface area (Å²) in [5, 5.41) is 9.73. The van der Waals surface area contributed by atoms with E-state index in [0.717, 1.165) is 25.7 Å². The fourth-order valence-electron chi connectivity index (χ4n) is 3.58. The van der Waals surface area contributed by atoms with Gasteiger partial charge in [0.25, 0.3) is 5.91 Å². The maximum atomic E-state index is 12.9. The number of carboxylic acids is 1. The van der Waals surface area contributed by atoms with Crippen LogP contribution in [0.3, 0.4) is 0 Å². The SMILES string of the molecule is C[C@@H]1CN(C(=O)c2cc(Cl)ccc2OC2CCCC2)C[C@H]1C(=O)O. The van der Waals surface area contributed by atoms with Crippen LogP contribution < -0.4 is 4.74 Å².